The molecule has 0 fully saturated rings. The van der Waals surface area contributed by atoms with E-state index in [0.717, 1.165) is 11.8 Å². The molecule has 0 unspecified atom stereocenters. The molecule has 0 radical (unpaired) electrons. The molecule has 8 heteroatoms. The number of rotatable bonds is 2. The molecule has 0 aliphatic rings. The van der Waals surface area contributed by atoms with Gasteiger partial charge in [-0.3, -0.25) is 0 Å². The predicted octanol–water partition coefficient (Wildman–Crippen LogP) is 2.95. The zero-order valence-corrected chi connectivity index (χ0v) is 11.1. The number of hydrogen-bond acceptors (Lipinski definition) is 6. The lowest BCUT2D eigenvalue weighted by Gasteiger charge is -2.08. The molecule has 4 nitrogen and oxygen atoms in total. The number of halogens is 2. The normalized spacial score (nSPS) is 10.8. The largest absolute Gasteiger partial charge is 0.398 e. The predicted molar refractivity (Wildman–Crippen MR) is 69.0 cm³/mol. The van der Waals surface area contributed by atoms with Crippen LogP contribution in [0.1, 0.15) is 5.82 Å². The van der Waals surface area contributed by atoms with Gasteiger partial charge in [0.05, 0.1) is 16.3 Å². The van der Waals surface area contributed by atoms with E-state index in [9.17, 15) is 4.39 Å². The second-order valence-electron chi connectivity index (χ2n) is 3.22. The van der Waals surface area contributed by atoms with Gasteiger partial charge in [0.25, 0.3) is 0 Å². The van der Waals surface area contributed by atoms with Gasteiger partial charge in [-0.1, -0.05) is 23.4 Å². The second-order valence-corrected chi connectivity index (χ2v) is 5.61. The monoisotopic (exact) mass is 290 g/mol. The number of nitrogens with zero attached hydrogens (tertiary/aromatic N) is 2. The van der Waals surface area contributed by atoms with E-state index in [1.165, 1.54) is 17.6 Å². The molecule has 0 saturated heterocycles. The molecule has 0 amide bonds. The van der Waals surface area contributed by atoms with E-state index in [0.29, 0.717) is 10.2 Å². The Kier molecular flexibility index (Phi) is 3.41. The first-order valence-corrected chi connectivity index (χ1v) is 6.47. The number of aryl methyl sites for hydroxylation is 1. The maximum Gasteiger partial charge on any atom is 0.175 e. The highest BCUT2D eigenvalue weighted by Gasteiger charge is 2.17. The van der Waals surface area contributed by atoms with E-state index in [2.05, 4.69) is 9.36 Å². The molecule has 0 atom stereocenters. The Hall–Kier alpha value is -1.05. The van der Waals surface area contributed by atoms with E-state index < -0.39 is 5.82 Å². The summed E-state index contributed by atoms with van der Waals surface area (Å²) < 4.78 is 18.5. The third kappa shape index (κ3) is 2.46. The molecule has 1 aromatic carbocycles. The number of anilines is 2. The summed E-state index contributed by atoms with van der Waals surface area (Å²) in [6.45, 7) is 1.76. The van der Waals surface area contributed by atoms with E-state index in [4.69, 9.17) is 23.1 Å². The number of hydrogen-bond donors (Lipinski definition) is 2. The van der Waals surface area contributed by atoms with Crippen molar-refractivity contribution < 1.29 is 4.39 Å². The first-order chi connectivity index (χ1) is 7.99. The lowest BCUT2D eigenvalue weighted by molar-refractivity contribution is 0.604. The fourth-order valence-corrected chi connectivity index (χ4v) is 3.02. The van der Waals surface area contributed by atoms with Crippen molar-refractivity contribution in [2.75, 3.05) is 11.5 Å². The Morgan fingerprint density at radius 2 is 2.12 bits per heavy atom. The minimum atomic E-state index is -0.623. The quantitative estimate of drug-likeness (QED) is 0.832. The van der Waals surface area contributed by atoms with Crippen molar-refractivity contribution in [2.45, 2.75) is 16.2 Å². The van der Waals surface area contributed by atoms with Gasteiger partial charge < -0.3 is 11.5 Å². The minimum Gasteiger partial charge on any atom is -0.398 e. The Morgan fingerprint density at radius 3 is 2.71 bits per heavy atom. The van der Waals surface area contributed by atoms with Gasteiger partial charge in [-0.05, 0) is 24.5 Å². The zero-order chi connectivity index (χ0) is 12.6. The molecule has 17 heavy (non-hydrogen) atoms. The van der Waals surface area contributed by atoms with Gasteiger partial charge >= 0.3 is 0 Å². The molecule has 2 rings (SSSR count). The van der Waals surface area contributed by atoms with Crippen LogP contribution in [0, 0.1) is 12.7 Å². The van der Waals surface area contributed by atoms with Crippen molar-refractivity contribution in [3.8, 4) is 0 Å². The molecule has 0 aliphatic heterocycles. The molecule has 0 aliphatic carbocycles. The Bertz CT molecular complexity index is 572. The van der Waals surface area contributed by atoms with Crippen LogP contribution in [0.3, 0.4) is 0 Å². The lowest BCUT2D eigenvalue weighted by atomic mass is 10.3. The Labute approximate surface area is 110 Å². The molecule has 4 N–H and O–H groups in total. The van der Waals surface area contributed by atoms with Crippen LogP contribution in [0.15, 0.2) is 15.3 Å². The Morgan fingerprint density at radius 1 is 1.41 bits per heavy atom. The third-order valence-corrected chi connectivity index (χ3v) is 4.26. The van der Waals surface area contributed by atoms with Crippen molar-refractivity contribution >= 4 is 46.3 Å². The summed E-state index contributed by atoms with van der Waals surface area (Å²) in [7, 11) is 0. The summed E-state index contributed by atoms with van der Waals surface area (Å²) in [6, 6.07) is 1.43. The number of nitrogens with two attached hydrogens (primary N) is 2. The second kappa shape index (κ2) is 4.67. The van der Waals surface area contributed by atoms with Gasteiger partial charge in [-0.25, -0.2) is 9.37 Å². The van der Waals surface area contributed by atoms with Crippen molar-refractivity contribution in [1.82, 2.24) is 9.36 Å². The number of nitrogen functional groups attached to an aromatic ring is 2. The fourth-order valence-electron chi connectivity index (χ4n) is 1.16. The van der Waals surface area contributed by atoms with Gasteiger partial charge in [-0.2, -0.15) is 4.37 Å². The van der Waals surface area contributed by atoms with Crippen LogP contribution >= 0.6 is 34.9 Å². The standard InChI is InChI=1S/C9H8ClFN4S2/c1-3-14-9(17-15-3)16-8-5(13)2-4(12)6(10)7(8)11/h2H,12-13H2,1H3. The van der Waals surface area contributed by atoms with Crippen LogP contribution in [0.2, 0.25) is 5.02 Å². The molecule has 1 aromatic heterocycles. The van der Waals surface area contributed by atoms with Gasteiger partial charge in [0.15, 0.2) is 10.2 Å². The van der Waals surface area contributed by atoms with Crippen LogP contribution in [0.4, 0.5) is 15.8 Å². The maximum atomic E-state index is 13.9. The molecule has 1 heterocycles. The third-order valence-electron chi connectivity index (χ3n) is 1.92. The lowest BCUT2D eigenvalue weighted by Crippen LogP contribution is -1.97. The van der Waals surface area contributed by atoms with E-state index in [-0.39, 0.29) is 21.3 Å². The highest BCUT2D eigenvalue weighted by Crippen LogP contribution is 2.40. The Balaban J connectivity index is 2.42. The average Bonchev–Trinajstić information content (AvgIpc) is 2.67. The van der Waals surface area contributed by atoms with Gasteiger partial charge in [-0.15, -0.1) is 0 Å². The smallest absolute Gasteiger partial charge is 0.175 e. The molecule has 0 bridgehead atoms. The summed E-state index contributed by atoms with van der Waals surface area (Å²) in [5.41, 5.74) is 11.6. The average molecular weight is 291 g/mol. The van der Waals surface area contributed by atoms with E-state index in [1.807, 2.05) is 0 Å². The zero-order valence-electron chi connectivity index (χ0n) is 8.70. The summed E-state index contributed by atoms with van der Waals surface area (Å²) in [5, 5.41) is -0.122. The molecular weight excluding hydrogens is 283 g/mol. The summed E-state index contributed by atoms with van der Waals surface area (Å²) >= 11 is 7.99. The SMILES string of the molecule is Cc1nsc(Sc2c(N)cc(N)c(Cl)c2F)n1. The molecule has 2 aromatic rings. The van der Waals surface area contributed by atoms with Gasteiger partial charge in [0.2, 0.25) is 0 Å². The van der Waals surface area contributed by atoms with Crippen LogP contribution in [0.5, 0.6) is 0 Å². The van der Waals surface area contributed by atoms with E-state index >= 15 is 0 Å². The summed E-state index contributed by atoms with van der Waals surface area (Å²) in [6.07, 6.45) is 0. The van der Waals surface area contributed by atoms with Crippen molar-refractivity contribution in [2.24, 2.45) is 0 Å². The van der Waals surface area contributed by atoms with Crippen molar-refractivity contribution in [3.63, 3.8) is 0 Å². The van der Waals surface area contributed by atoms with Gasteiger partial charge in [0.1, 0.15) is 10.8 Å². The molecular formula is C9H8ClFN4S2. The summed E-state index contributed by atoms with van der Waals surface area (Å²) in [5.74, 6) is 0.0139. The number of aromatic nitrogens is 2. The minimum absolute atomic E-state index is 0.122. The first-order valence-electron chi connectivity index (χ1n) is 4.50. The highest BCUT2D eigenvalue weighted by molar-refractivity contribution is 8.01. The van der Waals surface area contributed by atoms with Crippen LogP contribution in [0.25, 0.3) is 0 Å². The molecule has 0 spiro atoms. The first kappa shape index (κ1) is 12.4. The highest BCUT2D eigenvalue weighted by atomic mass is 35.5. The number of benzene rings is 1. The van der Waals surface area contributed by atoms with Crippen LogP contribution < -0.4 is 11.5 Å². The van der Waals surface area contributed by atoms with Crippen LogP contribution in [-0.4, -0.2) is 9.36 Å². The van der Waals surface area contributed by atoms with Crippen LogP contribution in [-0.2, 0) is 0 Å². The van der Waals surface area contributed by atoms with Crippen molar-refractivity contribution in [1.29, 1.82) is 0 Å². The summed E-state index contributed by atoms with van der Waals surface area (Å²) in [4.78, 5) is 4.34. The molecule has 90 valence electrons. The fraction of sp³-hybridized carbons (Fsp3) is 0.111. The molecule has 0 saturated carbocycles. The topological polar surface area (TPSA) is 77.8 Å². The maximum absolute atomic E-state index is 13.9. The van der Waals surface area contributed by atoms with E-state index in [1.54, 1.807) is 6.92 Å². The van der Waals surface area contributed by atoms with Crippen molar-refractivity contribution in [3.05, 3.63) is 22.7 Å². The van der Waals surface area contributed by atoms with Gasteiger partial charge in [0, 0.05) is 0 Å².